The van der Waals surface area contributed by atoms with Crippen LogP contribution in [0.3, 0.4) is 0 Å². The van der Waals surface area contributed by atoms with E-state index in [9.17, 15) is 0 Å². The van der Waals surface area contributed by atoms with Gasteiger partial charge in [0.25, 0.3) is 0 Å². The van der Waals surface area contributed by atoms with E-state index >= 15 is 0 Å². The fourth-order valence-corrected chi connectivity index (χ4v) is 2.36. The van der Waals surface area contributed by atoms with Crippen molar-refractivity contribution >= 4 is 0 Å². The maximum atomic E-state index is 6.03. The van der Waals surface area contributed by atoms with E-state index in [2.05, 4.69) is 50.1 Å². The first-order valence-corrected chi connectivity index (χ1v) is 7.42. The molecule has 0 aromatic carbocycles. The highest BCUT2D eigenvalue weighted by atomic mass is 16.5. The van der Waals surface area contributed by atoms with Crippen LogP contribution in [0.25, 0.3) is 0 Å². The Morgan fingerprint density at radius 1 is 1.26 bits per heavy atom. The number of hydrogen-bond acceptors (Lipinski definition) is 3. The van der Waals surface area contributed by atoms with Crippen molar-refractivity contribution in [2.45, 2.75) is 58.6 Å². The normalized spacial score (nSPS) is 16.0. The molecule has 0 saturated carbocycles. The molecule has 19 heavy (non-hydrogen) atoms. The minimum atomic E-state index is -0.118. The van der Waals surface area contributed by atoms with Gasteiger partial charge in [-0.15, -0.1) is 0 Å². The van der Waals surface area contributed by atoms with Crippen molar-refractivity contribution in [3.63, 3.8) is 0 Å². The lowest BCUT2D eigenvalue weighted by Gasteiger charge is -2.37. The Hall–Kier alpha value is -0.930. The summed E-state index contributed by atoms with van der Waals surface area (Å²) < 4.78 is 6.03. The van der Waals surface area contributed by atoms with Crippen molar-refractivity contribution in [3.8, 4) is 0 Å². The van der Waals surface area contributed by atoms with Crippen molar-refractivity contribution in [2.24, 2.45) is 0 Å². The molecule has 1 N–H and O–H groups in total. The number of nitrogens with zero attached hydrogens (tertiary/aromatic N) is 1. The highest BCUT2D eigenvalue weighted by molar-refractivity contribution is 5.13. The van der Waals surface area contributed by atoms with Crippen molar-refractivity contribution in [1.29, 1.82) is 0 Å². The lowest BCUT2D eigenvalue weighted by Crippen LogP contribution is -2.51. The second kappa shape index (κ2) is 8.28. The summed E-state index contributed by atoms with van der Waals surface area (Å²) in [5.74, 6) is 0. The van der Waals surface area contributed by atoms with Gasteiger partial charge in [0, 0.05) is 25.0 Å². The molecular formula is C16H28N2O. The van der Waals surface area contributed by atoms with Gasteiger partial charge in [0.05, 0.1) is 5.60 Å². The molecule has 0 fully saturated rings. The summed E-state index contributed by atoms with van der Waals surface area (Å²) >= 11 is 0. The van der Waals surface area contributed by atoms with Crippen LogP contribution in [-0.4, -0.2) is 29.8 Å². The molecule has 3 heteroatoms. The third-order valence-electron chi connectivity index (χ3n) is 3.74. The third kappa shape index (κ3) is 4.92. The molecule has 0 saturated heterocycles. The van der Waals surface area contributed by atoms with Gasteiger partial charge in [-0.1, -0.05) is 13.8 Å². The van der Waals surface area contributed by atoms with E-state index in [0.717, 1.165) is 32.4 Å². The first-order chi connectivity index (χ1) is 9.16. The summed E-state index contributed by atoms with van der Waals surface area (Å²) in [6, 6.07) is 4.51. The number of rotatable bonds is 9. The first kappa shape index (κ1) is 16.1. The molecule has 0 aliphatic rings. The second-order valence-electron chi connectivity index (χ2n) is 5.17. The van der Waals surface area contributed by atoms with Crippen LogP contribution in [0.5, 0.6) is 0 Å². The molecule has 1 aromatic heterocycles. The molecule has 108 valence electrons. The standard InChI is InChI=1S/C16H28N2O/c1-5-10-18-15(16(4,6-2)19-7-3)13-14-8-11-17-12-9-14/h8-9,11-12,15,18H,5-7,10,13H2,1-4H3. The zero-order valence-electron chi connectivity index (χ0n) is 12.8. The van der Waals surface area contributed by atoms with Crippen LogP contribution in [0.2, 0.25) is 0 Å². The predicted octanol–water partition coefficient (Wildman–Crippen LogP) is 3.20. The topological polar surface area (TPSA) is 34.2 Å². The molecule has 0 amide bonds. The highest BCUT2D eigenvalue weighted by Gasteiger charge is 2.32. The van der Waals surface area contributed by atoms with E-state index in [1.807, 2.05) is 12.4 Å². The smallest absolute Gasteiger partial charge is 0.0807 e. The van der Waals surface area contributed by atoms with Gasteiger partial charge >= 0.3 is 0 Å². The number of pyridine rings is 1. The molecule has 0 radical (unpaired) electrons. The van der Waals surface area contributed by atoms with Crippen LogP contribution >= 0.6 is 0 Å². The monoisotopic (exact) mass is 264 g/mol. The van der Waals surface area contributed by atoms with E-state index in [0.29, 0.717) is 6.04 Å². The van der Waals surface area contributed by atoms with Crippen LogP contribution in [0.1, 0.15) is 46.1 Å². The Kier molecular flexibility index (Phi) is 7.03. The van der Waals surface area contributed by atoms with Gasteiger partial charge < -0.3 is 10.1 Å². The van der Waals surface area contributed by atoms with E-state index in [1.54, 1.807) is 0 Å². The Bertz CT molecular complexity index is 342. The van der Waals surface area contributed by atoms with E-state index in [1.165, 1.54) is 5.56 Å². The summed E-state index contributed by atoms with van der Waals surface area (Å²) in [5, 5.41) is 3.65. The number of ether oxygens (including phenoxy) is 1. The molecule has 0 aliphatic heterocycles. The molecule has 2 unspecified atom stereocenters. The lowest BCUT2D eigenvalue weighted by molar-refractivity contribution is -0.0549. The minimum absolute atomic E-state index is 0.118. The van der Waals surface area contributed by atoms with Crippen molar-refractivity contribution in [3.05, 3.63) is 30.1 Å². The first-order valence-electron chi connectivity index (χ1n) is 7.42. The Morgan fingerprint density at radius 2 is 1.95 bits per heavy atom. The van der Waals surface area contributed by atoms with Crippen molar-refractivity contribution < 1.29 is 4.74 Å². The van der Waals surface area contributed by atoms with Crippen LogP contribution in [0.15, 0.2) is 24.5 Å². The molecule has 0 bridgehead atoms. The van der Waals surface area contributed by atoms with Gasteiger partial charge in [0.2, 0.25) is 0 Å². The van der Waals surface area contributed by atoms with Crippen LogP contribution < -0.4 is 5.32 Å². The molecule has 0 aliphatic carbocycles. The molecule has 1 rings (SSSR count). The quantitative estimate of drug-likeness (QED) is 0.743. The Balaban J connectivity index is 2.80. The Labute approximate surface area is 117 Å². The van der Waals surface area contributed by atoms with E-state index in [-0.39, 0.29) is 5.60 Å². The van der Waals surface area contributed by atoms with Crippen LogP contribution in [0.4, 0.5) is 0 Å². The lowest BCUT2D eigenvalue weighted by atomic mass is 9.88. The van der Waals surface area contributed by atoms with E-state index in [4.69, 9.17) is 4.74 Å². The predicted molar refractivity (Wildman–Crippen MR) is 80.3 cm³/mol. The second-order valence-corrected chi connectivity index (χ2v) is 5.17. The van der Waals surface area contributed by atoms with Gasteiger partial charge in [-0.05, 0) is 57.4 Å². The number of nitrogens with one attached hydrogen (secondary N) is 1. The summed E-state index contributed by atoms with van der Waals surface area (Å²) in [5.41, 5.74) is 1.19. The highest BCUT2D eigenvalue weighted by Crippen LogP contribution is 2.23. The van der Waals surface area contributed by atoms with Gasteiger partial charge in [-0.2, -0.15) is 0 Å². The Morgan fingerprint density at radius 3 is 2.47 bits per heavy atom. The summed E-state index contributed by atoms with van der Waals surface area (Å²) in [4.78, 5) is 4.08. The average molecular weight is 264 g/mol. The van der Waals surface area contributed by atoms with Gasteiger partial charge in [0.15, 0.2) is 0 Å². The molecule has 0 spiro atoms. The maximum absolute atomic E-state index is 6.03. The number of aromatic nitrogens is 1. The summed E-state index contributed by atoms with van der Waals surface area (Å²) in [6.07, 6.45) is 6.84. The molecule has 1 heterocycles. The zero-order valence-corrected chi connectivity index (χ0v) is 12.8. The van der Waals surface area contributed by atoms with Crippen LogP contribution in [-0.2, 0) is 11.2 Å². The SMILES string of the molecule is CCCNC(Cc1ccncc1)C(C)(CC)OCC. The minimum Gasteiger partial charge on any atom is -0.374 e. The fourth-order valence-electron chi connectivity index (χ4n) is 2.36. The molecule has 1 aromatic rings. The van der Waals surface area contributed by atoms with Gasteiger partial charge in [0.1, 0.15) is 0 Å². The fraction of sp³-hybridized carbons (Fsp3) is 0.688. The molecular weight excluding hydrogens is 236 g/mol. The van der Waals surface area contributed by atoms with Crippen molar-refractivity contribution in [2.75, 3.05) is 13.2 Å². The number of hydrogen-bond donors (Lipinski definition) is 1. The van der Waals surface area contributed by atoms with E-state index < -0.39 is 0 Å². The largest absolute Gasteiger partial charge is 0.374 e. The maximum Gasteiger partial charge on any atom is 0.0807 e. The molecule has 3 nitrogen and oxygen atoms in total. The van der Waals surface area contributed by atoms with Crippen molar-refractivity contribution in [1.82, 2.24) is 10.3 Å². The summed E-state index contributed by atoms with van der Waals surface area (Å²) in [6.45, 7) is 10.5. The van der Waals surface area contributed by atoms with Gasteiger partial charge in [-0.25, -0.2) is 0 Å². The average Bonchev–Trinajstić information content (AvgIpc) is 2.44. The zero-order chi connectivity index (χ0) is 14.1. The van der Waals surface area contributed by atoms with Gasteiger partial charge in [-0.3, -0.25) is 4.98 Å². The summed E-state index contributed by atoms with van der Waals surface area (Å²) in [7, 11) is 0. The molecule has 2 atom stereocenters. The van der Waals surface area contributed by atoms with Crippen LogP contribution in [0, 0.1) is 0 Å². The third-order valence-corrected chi connectivity index (χ3v) is 3.74.